The Bertz CT molecular complexity index is 492. The van der Waals surface area contributed by atoms with E-state index in [0.717, 1.165) is 18.9 Å². The molecular weight excluding hydrogens is 467 g/mol. The first-order valence-electron chi connectivity index (χ1n) is 9.45. The van der Waals surface area contributed by atoms with Crippen LogP contribution >= 0.6 is 24.0 Å². The second kappa shape index (κ2) is 14.0. The summed E-state index contributed by atoms with van der Waals surface area (Å²) >= 11 is 0. The second-order valence-electron chi connectivity index (χ2n) is 6.66. The molecule has 1 heterocycles. The van der Waals surface area contributed by atoms with Crippen molar-refractivity contribution in [1.29, 1.82) is 0 Å². The Balaban J connectivity index is 0.00000625. The number of hydrogen-bond donors (Lipinski definition) is 1. The highest BCUT2D eigenvalue weighted by Gasteiger charge is 2.27. The van der Waals surface area contributed by atoms with E-state index in [-0.39, 0.29) is 42.4 Å². The average Bonchev–Trinajstić information content (AvgIpc) is 2.58. The van der Waals surface area contributed by atoms with Crippen LogP contribution in [0.2, 0.25) is 0 Å². The van der Waals surface area contributed by atoms with Crippen molar-refractivity contribution in [1.82, 2.24) is 14.5 Å². The Hall–Kier alpha value is -0.130. The van der Waals surface area contributed by atoms with Crippen LogP contribution in [0.3, 0.4) is 0 Å². The Labute approximate surface area is 177 Å². The van der Waals surface area contributed by atoms with E-state index in [1.807, 2.05) is 13.8 Å². The fraction of sp³-hybridized carbons (Fsp3) is 0.941. The number of nitrogens with one attached hydrogen (secondary N) is 1. The Morgan fingerprint density at radius 2 is 1.81 bits per heavy atom. The summed E-state index contributed by atoms with van der Waals surface area (Å²) in [5, 5.41) is 3.39. The monoisotopic (exact) mass is 504 g/mol. The van der Waals surface area contributed by atoms with Gasteiger partial charge in [0.1, 0.15) is 0 Å². The number of nitrogens with zero attached hydrogens (tertiary/aromatic N) is 3. The number of sulfonamides is 1. The molecule has 0 saturated carbocycles. The zero-order valence-electron chi connectivity index (χ0n) is 16.7. The number of halogens is 1. The van der Waals surface area contributed by atoms with E-state index < -0.39 is 10.0 Å². The third kappa shape index (κ3) is 9.70. The van der Waals surface area contributed by atoms with Crippen LogP contribution in [0.1, 0.15) is 46.5 Å². The summed E-state index contributed by atoms with van der Waals surface area (Å²) in [5.74, 6) is 0.923. The number of ether oxygens (including phenoxy) is 1. The van der Waals surface area contributed by atoms with Crippen molar-refractivity contribution in [2.75, 3.05) is 52.1 Å². The molecule has 0 aromatic rings. The van der Waals surface area contributed by atoms with Gasteiger partial charge in [-0.3, -0.25) is 4.99 Å². The van der Waals surface area contributed by atoms with Gasteiger partial charge in [0, 0.05) is 39.8 Å². The van der Waals surface area contributed by atoms with Gasteiger partial charge in [-0.15, -0.1) is 24.0 Å². The molecule has 9 heteroatoms. The Morgan fingerprint density at radius 3 is 2.35 bits per heavy atom. The molecule has 26 heavy (non-hydrogen) atoms. The van der Waals surface area contributed by atoms with Crippen LogP contribution in [0.5, 0.6) is 0 Å². The summed E-state index contributed by atoms with van der Waals surface area (Å²) in [6.07, 6.45) is 4.91. The normalized spacial score (nSPS) is 16.7. The molecular formula is C17H37IN4O3S. The lowest BCUT2D eigenvalue weighted by molar-refractivity contribution is 0.0904. The topological polar surface area (TPSA) is 74.2 Å². The lowest BCUT2D eigenvalue weighted by Gasteiger charge is -2.35. The minimum atomic E-state index is -3.24. The summed E-state index contributed by atoms with van der Waals surface area (Å²) < 4.78 is 31.7. The van der Waals surface area contributed by atoms with Crippen LogP contribution in [0.25, 0.3) is 0 Å². The number of hydrogen-bond acceptors (Lipinski definition) is 4. The number of piperazine rings is 1. The minimum Gasteiger partial charge on any atom is -0.378 e. The van der Waals surface area contributed by atoms with E-state index in [4.69, 9.17) is 4.74 Å². The fourth-order valence-corrected chi connectivity index (χ4v) is 4.07. The van der Waals surface area contributed by atoms with Gasteiger partial charge in [-0.1, -0.05) is 26.2 Å². The van der Waals surface area contributed by atoms with Gasteiger partial charge in [0.15, 0.2) is 5.96 Å². The summed E-state index contributed by atoms with van der Waals surface area (Å²) in [6.45, 7) is 9.52. The predicted octanol–water partition coefficient (Wildman–Crippen LogP) is 2.13. The lowest BCUT2D eigenvalue weighted by atomic mass is 10.2. The van der Waals surface area contributed by atoms with Crippen LogP contribution in [0.15, 0.2) is 4.99 Å². The van der Waals surface area contributed by atoms with Gasteiger partial charge in [0.05, 0.1) is 18.5 Å². The maximum Gasteiger partial charge on any atom is 0.216 e. The van der Waals surface area contributed by atoms with Crippen molar-refractivity contribution in [3.8, 4) is 0 Å². The fourth-order valence-electron chi connectivity index (χ4n) is 2.78. The van der Waals surface area contributed by atoms with Gasteiger partial charge >= 0.3 is 0 Å². The molecule has 0 atom stereocenters. The molecule has 1 N–H and O–H groups in total. The van der Waals surface area contributed by atoms with Gasteiger partial charge in [0.25, 0.3) is 0 Å². The van der Waals surface area contributed by atoms with E-state index in [2.05, 4.69) is 22.1 Å². The molecule has 0 amide bonds. The zero-order valence-corrected chi connectivity index (χ0v) is 19.9. The molecule has 0 unspecified atom stereocenters. The van der Waals surface area contributed by atoms with E-state index in [1.165, 1.54) is 19.3 Å². The molecule has 1 fully saturated rings. The molecule has 0 radical (unpaired) electrons. The molecule has 1 aliphatic heterocycles. The van der Waals surface area contributed by atoms with E-state index in [0.29, 0.717) is 26.2 Å². The van der Waals surface area contributed by atoms with Crippen molar-refractivity contribution in [2.45, 2.75) is 52.6 Å². The number of unbranched alkanes of at least 4 members (excludes halogenated alkanes) is 3. The van der Waals surface area contributed by atoms with Crippen LogP contribution in [0.4, 0.5) is 0 Å². The number of rotatable bonds is 10. The zero-order chi connectivity index (χ0) is 18.7. The molecule has 1 aliphatic rings. The van der Waals surface area contributed by atoms with Crippen LogP contribution in [-0.4, -0.2) is 81.8 Å². The van der Waals surface area contributed by atoms with E-state index in [9.17, 15) is 8.42 Å². The molecule has 0 spiro atoms. The van der Waals surface area contributed by atoms with Crippen LogP contribution in [0, 0.1) is 0 Å². The summed E-state index contributed by atoms with van der Waals surface area (Å²) in [7, 11) is -1.46. The molecule has 1 rings (SSSR count). The van der Waals surface area contributed by atoms with Gasteiger partial charge in [-0.25, -0.2) is 8.42 Å². The van der Waals surface area contributed by atoms with Crippen molar-refractivity contribution in [3.05, 3.63) is 0 Å². The predicted molar refractivity (Wildman–Crippen MR) is 119 cm³/mol. The molecule has 1 saturated heterocycles. The number of guanidine groups is 1. The quantitative estimate of drug-likeness (QED) is 0.214. The van der Waals surface area contributed by atoms with Gasteiger partial charge in [-0.05, 0) is 20.3 Å². The maximum absolute atomic E-state index is 12.4. The first-order valence-corrected chi connectivity index (χ1v) is 11.1. The van der Waals surface area contributed by atoms with E-state index >= 15 is 0 Å². The lowest BCUT2D eigenvalue weighted by Crippen LogP contribution is -2.54. The standard InChI is InChI=1S/C17H36N4O3S.HI/c1-5-6-7-8-9-19-17(18-4)20-10-12-21(13-11-20)25(22,23)15-14-24-16(2)3;/h16H,5-15H2,1-4H3,(H,18,19);1H. The summed E-state index contributed by atoms with van der Waals surface area (Å²) in [4.78, 5) is 6.46. The maximum atomic E-state index is 12.4. The van der Waals surface area contributed by atoms with Crippen molar-refractivity contribution < 1.29 is 13.2 Å². The van der Waals surface area contributed by atoms with Crippen molar-refractivity contribution >= 4 is 40.0 Å². The third-order valence-corrected chi connectivity index (χ3v) is 6.08. The molecule has 0 aromatic heterocycles. The third-order valence-electron chi connectivity index (χ3n) is 4.25. The van der Waals surface area contributed by atoms with Crippen LogP contribution < -0.4 is 5.32 Å². The second-order valence-corrected chi connectivity index (χ2v) is 8.74. The molecule has 7 nitrogen and oxygen atoms in total. The highest BCUT2D eigenvalue weighted by atomic mass is 127. The van der Waals surface area contributed by atoms with Crippen LogP contribution in [-0.2, 0) is 14.8 Å². The molecule has 156 valence electrons. The summed E-state index contributed by atoms with van der Waals surface area (Å²) in [6, 6.07) is 0. The SMILES string of the molecule is CCCCCCNC(=NC)N1CCN(S(=O)(=O)CCOC(C)C)CC1.I. The van der Waals surface area contributed by atoms with Crippen molar-refractivity contribution in [3.63, 3.8) is 0 Å². The highest BCUT2D eigenvalue weighted by Crippen LogP contribution is 2.09. The smallest absolute Gasteiger partial charge is 0.216 e. The van der Waals surface area contributed by atoms with Gasteiger partial charge in [0.2, 0.25) is 10.0 Å². The molecule has 0 bridgehead atoms. The van der Waals surface area contributed by atoms with E-state index in [1.54, 1.807) is 11.4 Å². The molecule has 0 aliphatic carbocycles. The minimum absolute atomic E-state index is 0. The largest absolute Gasteiger partial charge is 0.378 e. The first kappa shape index (κ1) is 25.9. The molecule has 0 aromatic carbocycles. The Kier molecular flexibility index (Phi) is 13.9. The highest BCUT2D eigenvalue weighted by molar-refractivity contribution is 14.0. The first-order chi connectivity index (χ1) is 11.9. The Morgan fingerprint density at radius 1 is 1.15 bits per heavy atom. The van der Waals surface area contributed by atoms with Gasteiger partial charge in [-0.2, -0.15) is 4.31 Å². The average molecular weight is 504 g/mol. The van der Waals surface area contributed by atoms with Crippen molar-refractivity contribution in [2.24, 2.45) is 4.99 Å². The summed E-state index contributed by atoms with van der Waals surface area (Å²) in [5.41, 5.74) is 0. The van der Waals surface area contributed by atoms with Gasteiger partial charge < -0.3 is 15.0 Å². The number of aliphatic imine (C=N–C) groups is 1.